The van der Waals surface area contributed by atoms with Crippen LogP contribution in [-0.4, -0.2) is 15.7 Å². The van der Waals surface area contributed by atoms with Crippen LogP contribution in [0.1, 0.15) is 5.69 Å². The minimum atomic E-state index is -0.366. The number of hydrogen-bond donors (Lipinski definition) is 0. The first-order chi connectivity index (χ1) is 10.5. The lowest BCUT2D eigenvalue weighted by molar-refractivity contribution is -0.113. The molecular formula is C15H10Cl2N2O2S. The predicted octanol–water partition coefficient (Wildman–Crippen LogP) is 4.57. The van der Waals surface area contributed by atoms with Crippen LogP contribution in [0.4, 0.5) is 10.5 Å². The van der Waals surface area contributed by atoms with E-state index in [2.05, 4.69) is 0 Å². The summed E-state index contributed by atoms with van der Waals surface area (Å²) in [5, 5.41) is 0.310. The van der Waals surface area contributed by atoms with E-state index in [0.717, 1.165) is 22.4 Å². The lowest BCUT2D eigenvalue weighted by Crippen LogP contribution is -2.27. The first-order valence-electron chi connectivity index (χ1n) is 6.32. The van der Waals surface area contributed by atoms with Crippen LogP contribution in [0.3, 0.4) is 0 Å². The first kappa shape index (κ1) is 15.2. The zero-order valence-corrected chi connectivity index (χ0v) is 13.7. The molecule has 1 aliphatic heterocycles. The van der Waals surface area contributed by atoms with Crippen molar-refractivity contribution in [3.63, 3.8) is 0 Å². The summed E-state index contributed by atoms with van der Waals surface area (Å²) in [6, 6.07) is 8.40. The summed E-state index contributed by atoms with van der Waals surface area (Å²) in [4.78, 5) is 26.1. The van der Waals surface area contributed by atoms with Gasteiger partial charge in [-0.2, -0.15) is 0 Å². The number of amides is 2. The van der Waals surface area contributed by atoms with Crippen LogP contribution in [0.2, 0.25) is 10.0 Å². The summed E-state index contributed by atoms with van der Waals surface area (Å²) >= 11 is 12.7. The summed E-state index contributed by atoms with van der Waals surface area (Å²) in [5.41, 5.74) is 1.26. The SMILES string of the molecule is Cn1cccc1C=C1SC(=O)N(c2ccc(Cl)c(Cl)c2)C1=O. The molecule has 112 valence electrons. The predicted molar refractivity (Wildman–Crippen MR) is 90.3 cm³/mol. The van der Waals surface area contributed by atoms with E-state index in [1.807, 2.05) is 29.9 Å². The number of imide groups is 1. The highest BCUT2D eigenvalue weighted by molar-refractivity contribution is 8.19. The van der Waals surface area contributed by atoms with E-state index >= 15 is 0 Å². The second-order valence-corrected chi connectivity index (χ2v) is 6.47. The van der Waals surface area contributed by atoms with Crippen molar-refractivity contribution in [1.82, 2.24) is 4.57 Å². The Morgan fingerprint density at radius 2 is 1.91 bits per heavy atom. The lowest BCUT2D eigenvalue weighted by atomic mass is 10.2. The number of benzene rings is 1. The van der Waals surface area contributed by atoms with Crippen molar-refractivity contribution in [2.24, 2.45) is 7.05 Å². The first-order valence-corrected chi connectivity index (χ1v) is 7.89. The van der Waals surface area contributed by atoms with Crippen LogP contribution in [0.25, 0.3) is 6.08 Å². The molecule has 1 fully saturated rings. The Kier molecular flexibility index (Phi) is 4.04. The third-order valence-corrected chi connectivity index (χ3v) is 4.83. The van der Waals surface area contributed by atoms with Crippen LogP contribution >= 0.6 is 35.0 Å². The Morgan fingerprint density at radius 1 is 1.14 bits per heavy atom. The number of anilines is 1. The van der Waals surface area contributed by atoms with E-state index < -0.39 is 0 Å². The maximum Gasteiger partial charge on any atom is 0.298 e. The maximum absolute atomic E-state index is 12.5. The molecule has 0 radical (unpaired) electrons. The average molecular weight is 353 g/mol. The monoisotopic (exact) mass is 352 g/mol. The number of carbonyl (C=O) groups excluding carboxylic acids is 2. The fraction of sp³-hybridized carbons (Fsp3) is 0.0667. The number of thioether (sulfide) groups is 1. The number of aryl methyl sites for hydroxylation is 1. The van der Waals surface area contributed by atoms with Crippen molar-refractivity contribution in [1.29, 1.82) is 0 Å². The number of rotatable bonds is 2. The van der Waals surface area contributed by atoms with Gasteiger partial charge in [-0.1, -0.05) is 23.2 Å². The summed E-state index contributed by atoms with van der Waals surface area (Å²) in [6.07, 6.45) is 3.57. The minimum absolute atomic E-state index is 0.296. The van der Waals surface area contributed by atoms with Gasteiger partial charge in [-0.15, -0.1) is 0 Å². The Labute approximate surface area is 141 Å². The van der Waals surface area contributed by atoms with E-state index in [4.69, 9.17) is 23.2 Å². The highest BCUT2D eigenvalue weighted by atomic mass is 35.5. The maximum atomic E-state index is 12.5. The van der Waals surface area contributed by atoms with Gasteiger partial charge in [0.2, 0.25) is 0 Å². The van der Waals surface area contributed by atoms with Crippen LogP contribution in [0.15, 0.2) is 41.4 Å². The van der Waals surface area contributed by atoms with Gasteiger partial charge in [-0.25, -0.2) is 4.90 Å². The van der Waals surface area contributed by atoms with Crippen molar-refractivity contribution in [3.8, 4) is 0 Å². The van der Waals surface area contributed by atoms with Crippen molar-refractivity contribution >= 4 is 57.9 Å². The number of hydrogen-bond acceptors (Lipinski definition) is 3. The molecule has 0 saturated carbocycles. The van der Waals surface area contributed by atoms with Gasteiger partial charge >= 0.3 is 0 Å². The second-order valence-electron chi connectivity index (χ2n) is 4.66. The lowest BCUT2D eigenvalue weighted by Gasteiger charge is -2.13. The van der Waals surface area contributed by atoms with Gasteiger partial charge in [0.1, 0.15) is 0 Å². The molecule has 1 saturated heterocycles. The van der Waals surface area contributed by atoms with Crippen LogP contribution in [0.5, 0.6) is 0 Å². The van der Waals surface area contributed by atoms with Crippen LogP contribution in [0, 0.1) is 0 Å². The minimum Gasteiger partial charge on any atom is -0.351 e. The molecule has 2 heterocycles. The molecule has 3 rings (SSSR count). The molecule has 0 N–H and O–H groups in total. The molecule has 1 aromatic carbocycles. The van der Waals surface area contributed by atoms with E-state index in [1.165, 1.54) is 6.07 Å². The summed E-state index contributed by atoms with van der Waals surface area (Å²) in [5.74, 6) is -0.366. The zero-order chi connectivity index (χ0) is 15.9. The molecule has 22 heavy (non-hydrogen) atoms. The van der Waals surface area contributed by atoms with E-state index in [-0.39, 0.29) is 11.1 Å². The number of aromatic nitrogens is 1. The zero-order valence-electron chi connectivity index (χ0n) is 11.4. The Hall–Kier alpha value is -1.69. The van der Waals surface area contributed by atoms with Crippen LogP contribution < -0.4 is 4.90 Å². The van der Waals surface area contributed by atoms with E-state index in [0.29, 0.717) is 20.6 Å². The fourth-order valence-electron chi connectivity index (χ4n) is 2.07. The van der Waals surface area contributed by atoms with Gasteiger partial charge in [0.25, 0.3) is 11.1 Å². The topological polar surface area (TPSA) is 42.3 Å². The molecule has 7 heteroatoms. The van der Waals surface area contributed by atoms with Crippen LogP contribution in [-0.2, 0) is 11.8 Å². The molecule has 0 atom stereocenters. The fourth-order valence-corrected chi connectivity index (χ4v) is 3.19. The van der Waals surface area contributed by atoms with E-state index in [9.17, 15) is 9.59 Å². The molecule has 0 unspecified atom stereocenters. The number of nitrogens with zero attached hydrogens (tertiary/aromatic N) is 2. The molecule has 4 nitrogen and oxygen atoms in total. The Bertz CT molecular complexity index is 814. The van der Waals surface area contributed by atoms with E-state index in [1.54, 1.807) is 18.2 Å². The average Bonchev–Trinajstić information content (AvgIpc) is 2.99. The molecule has 0 spiro atoms. The number of carbonyl (C=O) groups is 2. The molecule has 0 aliphatic carbocycles. The Morgan fingerprint density at radius 3 is 2.55 bits per heavy atom. The van der Waals surface area contributed by atoms with Gasteiger partial charge < -0.3 is 4.57 Å². The number of halogens is 2. The third-order valence-electron chi connectivity index (χ3n) is 3.22. The summed E-state index contributed by atoms with van der Waals surface area (Å²) in [7, 11) is 1.87. The summed E-state index contributed by atoms with van der Waals surface area (Å²) < 4.78 is 1.87. The third kappa shape index (κ3) is 2.67. The largest absolute Gasteiger partial charge is 0.351 e. The van der Waals surface area contributed by atoms with Gasteiger partial charge in [-0.05, 0) is 48.2 Å². The second kappa shape index (κ2) is 5.83. The molecule has 1 aromatic heterocycles. The molecule has 2 aromatic rings. The quantitative estimate of drug-likeness (QED) is 0.743. The molecule has 1 aliphatic rings. The normalized spacial score (nSPS) is 16.9. The van der Waals surface area contributed by atoms with Crippen molar-refractivity contribution < 1.29 is 9.59 Å². The molecular weight excluding hydrogens is 343 g/mol. The van der Waals surface area contributed by atoms with Crippen molar-refractivity contribution in [2.75, 3.05) is 4.90 Å². The molecule has 0 bridgehead atoms. The van der Waals surface area contributed by atoms with Gasteiger partial charge in [0, 0.05) is 18.9 Å². The van der Waals surface area contributed by atoms with Crippen molar-refractivity contribution in [2.45, 2.75) is 0 Å². The standard InChI is InChI=1S/C15H10Cl2N2O2S/c1-18-6-2-3-9(18)8-13-14(20)19(15(21)22-13)10-4-5-11(16)12(17)7-10/h2-8H,1H3. The highest BCUT2D eigenvalue weighted by Gasteiger charge is 2.36. The Balaban J connectivity index is 1.96. The summed E-state index contributed by atoms with van der Waals surface area (Å²) in [6.45, 7) is 0. The van der Waals surface area contributed by atoms with Gasteiger partial charge in [-0.3, -0.25) is 9.59 Å². The molecule has 2 amide bonds. The van der Waals surface area contributed by atoms with Gasteiger partial charge in [0.15, 0.2) is 0 Å². The van der Waals surface area contributed by atoms with Crippen molar-refractivity contribution in [3.05, 3.63) is 57.2 Å². The highest BCUT2D eigenvalue weighted by Crippen LogP contribution is 2.37. The van der Waals surface area contributed by atoms with Gasteiger partial charge in [0.05, 0.1) is 20.6 Å². The smallest absolute Gasteiger partial charge is 0.298 e.